The zero-order chi connectivity index (χ0) is 16.3. The van der Waals surface area contributed by atoms with Crippen LogP contribution in [-0.2, 0) is 4.74 Å². The lowest BCUT2D eigenvalue weighted by molar-refractivity contribution is 0.0238. The average molecular weight is 321 g/mol. The Labute approximate surface area is 145 Å². The van der Waals surface area contributed by atoms with Gasteiger partial charge < -0.3 is 4.74 Å². The predicted molar refractivity (Wildman–Crippen MR) is 101 cm³/mol. The van der Waals surface area contributed by atoms with Crippen molar-refractivity contribution in [3.05, 3.63) is 12.2 Å². The molecule has 0 aromatic heterocycles. The molecule has 0 amide bonds. The third-order valence-corrected chi connectivity index (χ3v) is 6.29. The standard InChI is InChI=1S/C22H40O/c1-3-5-6-7-8-19-9-11-20(12-10-19)13-14-21-15-17-22(18-16-21)23-4-2/h5-6,19-22H,3-4,7-18H2,1-2H3/b6-5+/t19-,20-,21-,22-. The molecule has 1 nitrogen and oxygen atoms in total. The monoisotopic (exact) mass is 320 g/mol. The Hall–Kier alpha value is -0.300. The van der Waals surface area contributed by atoms with Crippen molar-refractivity contribution >= 4 is 0 Å². The number of allylic oxidation sites excluding steroid dienone is 2. The van der Waals surface area contributed by atoms with E-state index >= 15 is 0 Å². The summed E-state index contributed by atoms with van der Waals surface area (Å²) in [5.41, 5.74) is 0. The molecule has 0 unspecified atom stereocenters. The number of hydrogen-bond donors (Lipinski definition) is 0. The summed E-state index contributed by atoms with van der Waals surface area (Å²) in [4.78, 5) is 0. The summed E-state index contributed by atoms with van der Waals surface area (Å²) < 4.78 is 5.78. The third kappa shape index (κ3) is 7.42. The first kappa shape index (κ1) is 19.0. The maximum absolute atomic E-state index is 5.78. The molecule has 2 aliphatic carbocycles. The van der Waals surface area contributed by atoms with Crippen molar-refractivity contribution < 1.29 is 4.74 Å². The molecule has 2 saturated carbocycles. The van der Waals surface area contributed by atoms with E-state index in [9.17, 15) is 0 Å². The Kier molecular flexibility index (Phi) is 9.34. The molecule has 0 aromatic carbocycles. The molecule has 0 heterocycles. The van der Waals surface area contributed by atoms with Crippen LogP contribution in [0.2, 0.25) is 0 Å². The van der Waals surface area contributed by atoms with Crippen LogP contribution in [-0.4, -0.2) is 12.7 Å². The van der Waals surface area contributed by atoms with E-state index in [1.165, 1.54) is 83.5 Å². The molecule has 0 spiro atoms. The maximum Gasteiger partial charge on any atom is 0.0575 e. The van der Waals surface area contributed by atoms with Gasteiger partial charge >= 0.3 is 0 Å². The van der Waals surface area contributed by atoms with E-state index in [1.54, 1.807) is 0 Å². The van der Waals surface area contributed by atoms with Crippen LogP contribution in [0.4, 0.5) is 0 Å². The minimum absolute atomic E-state index is 0.577. The third-order valence-electron chi connectivity index (χ3n) is 6.29. The normalized spacial score (nSPS) is 32.4. The molecule has 0 saturated heterocycles. The SMILES string of the molecule is CC/C=C/CC[C@H]1CC[C@H](CC[C@H]2CC[C@H](OCC)CC2)CC1. The largest absolute Gasteiger partial charge is 0.379 e. The molecule has 1 heteroatoms. The molecule has 0 radical (unpaired) electrons. The highest BCUT2D eigenvalue weighted by atomic mass is 16.5. The summed E-state index contributed by atoms with van der Waals surface area (Å²) >= 11 is 0. The highest BCUT2D eigenvalue weighted by molar-refractivity contribution is 4.82. The van der Waals surface area contributed by atoms with E-state index in [0.29, 0.717) is 6.10 Å². The van der Waals surface area contributed by atoms with Crippen LogP contribution in [0.3, 0.4) is 0 Å². The van der Waals surface area contributed by atoms with E-state index in [4.69, 9.17) is 4.74 Å². The quantitative estimate of drug-likeness (QED) is 0.419. The summed E-state index contributed by atoms with van der Waals surface area (Å²) in [5, 5.41) is 0. The van der Waals surface area contributed by atoms with Crippen LogP contribution in [0.5, 0.6) is 0 Å². The molecule has 2 rings (SSSR count). The molecule has 0 aliphatic heterocycles. The molecule has 0 N–H and O–H groups in total. The molecule has 0 aromatic rings. The van der Waals surface area contributed by atoms with Gasteiger partial charge in [0.1, 0.15) is 0 Å². The van der Waals surface area contributed by atoms with Gasteiger partial charge in [-0.2, -0.15) is 0 Å². The van der Waals surface area contributed by atoms with Crippen molar-refractivity contribution in [1.82, 2.24) is 0 Å². The molecule has 0 atom stereocenters. The Bertz CT molecular complexity index is 306. The average Bonchev–Trinajstić information content (AvgIpc) is 2.59. The molecular formula is C22H40O. The summed E-state index contributed by atoms with van der Waals surface area (Å²) in [7, 11) is 0. The topological polar surface area (TPSA) is 9.23 Å². The van der Waals surface area contributed by atoms with Gasteiger partial charge in [0.15, 0.2) is 0 Å². The lowest BCUT2D eigenvalue weighted by atomic mass is 9.76. The number of rotatable bonds is 9. The van der Waals surface area contributed by atoms with Gasteiger partial charge in [-0.3, -0.25) is 0 Å². The molecule has 2 aliphatic rings. The first-order valence-corrected chi connectivity index (χ1v) is 10.6. The van der Waals surface area contributed by atoms with Crippen LogP contribution < -0.4 is 0 Å². The predicted octanol–water partition coefficient (Wildman–Crippen LogP) is 6.91. The lowest BCUT2D eigenvalue weighted by Gasteiger charge is -2.32. The fourth-order valence-corrected chi connectivity index (χ4v) is 4.72. The van der Waals surface area contributed by atoms with Gasteiger partial charge in [-0.25, -0.2) is 0 Å². The second-order valence-corrected chi connectivity index (χ2v) is 8.02. The van der Waals surface area contributed by atoms with Crippen LogP contribution >= 0.6 is 0 Å². The zero-order valence-electron chi connectivity index (χ0n) is 15.8. The van der Waals surface area contributed by atoms with Crippen LogP contribution in [0.15, 0.2) is 12.2 Å². The van der Waals surface area contributed by atoms with E-state index < -0.39 is 0 Å². The minimum Gasteiger partial charge on any atom is -0.379 e. The highest BCUT2D eigenvalue weighted by Crippen LogP contribution is 2.37. The van der Waals surface area contributed by atoms with Gasteiger partial charge in [-0.1, -0.05) is 57.6 Å². The number of ether oxygens (including phenoxy) is 1. The van der Waals surface area contributed by atoms with Gasteiger partial charge in [0.25, 0.3) is 0 Å². The molecule has 23 heavy (non-hydrogen) atoms. The van der Waals surface area contributed by atoms with Gasteiger partial charge in [-0.15, -0.1) is 0 Å². The molecule has 134 valence electrons. The Balaban J connectivity index is 1.52. The second kappa shape index (κ2) is 11.3. The zero-order valence-corrected chi connectivity index (χ0v) is 15.8. The van der Waals surface area contributed by atoms with Crippen molar-refractivity contribution in [2.24, 2.45) is 17.8 Å². The van der Waals surface area contributed by atoms with E-state index in [-0.39, 0.29) is 0 Å². The van der Waals surface area contributed by atoms with Gasteiger partial charge in [0.2, 0.25) is 0 Å². The van der Waals surface area contributed by atoms with Crippen molar-refractivity contribution in [1.29, 1.82) is 0 Å². The van der Waals surface area contributed by atoms with Crippen molar-refractivity contribution in [3.63, 3.8) is 0 Å². The fourth-order valence-electron chi connectivity index (χ4n) is 4.72. The second-order valence-electron chi connectivity index (χ2n) is 8.02. The van der Waals surface area contributed by atoms with E-state index in [1.807, 2.05) is 0 Å². The van der Waals surface area contributed by atoms with E-state index in [0.717, 1.165) is 24.4 Å². The van der Waals surface area contributed by atoms with Crippen molar-refractivity contribution in [2.45, 2.75) is 103 Å². The Morgan fingerprint density at radius 3 is 1.74 bits per heavy atom. The lowest BCUT2D eigenvalue weighted by Crippen LogP contribution is -2.22. The fraction of sp³-hybridized carbons (Fsp3) is 0.909. The smallest absolute Gasteiger partial charge is 0.0575 e. The highest BCUT2D eigenvalue weighted by Gasteiger charge is 2.24. The minimum atomic E-state index is 0.577. The maximum atomic E-state index is 5.78. The first-order chi connectivity index (χ1) is 11.3. The molecule has 0 bridgehead atoms. The Morgan fingerprint density at radius 1 is 0.696 bits per heavy atom. The molecular weight excluding hydrogens is 280 g/mol. The summed E-state index contributed by atoms with van der Waals surface area (Å²) in [6, 6.07) is 0. The van der Waals surface area contributed by atoms with Gasteiger partial charge in [0.05, 0.1) is 6.10 Å². The van der Waals surface area contributed by atoms with Crippen molar-refractivity contribution in [2.75, 3.05) is 6.61 Å². The summed E-state index contributed by atoms with van der Waals surface area (Å²) in [6.45, 7) is 5.25. The summed E-state index contributed by atoms with van der Waals surface area (Å²) in [5.74, 6) is 3.07. The van der Waals surface area contributed by atoms with Gasteiger partial charge in [-0.05, 0) is 69.6 Å². The van der Waals surface area contributed by atoms with Crippen molar-refractivity contribution in [3.8, 4) is 0 Å². The van der Waals surface area contributed by atoms with Gasteiger partial charge in [0, 0.05) is 6.61 Å². The van der Waals surface area contributed by atoms with Crippen LogP contribution in [0, 0.1) is 17.8 Å². The molecule has 2 fully saturated rings. The van der Waals surface area contributed by atoms with Crippen LogP contribution in [0.25, 0.3) is 0 Å². The van der Waals surface area contributed by atoms with E-state index in [2.05, 4.69) is 26.0 Å². The first-order valence-electron chi connectivity index (χ1n) is 10.6. The van der Waals surface area contributed by atoms with Crippen LogP contribution in [0.1, 0.15) is 97.3 Å². The summed E-state index contributed by atoms with van der Waals surface area (Å²) in [6.07, 6.45) is 23.7. The number of hydrogen-bond acceptors (Lipinski definition) is 1. The Morgan fingerprint density at radius 2 is 1.22 bits per heavy atom.